The monoisotopic (exact) mass is 396 g/mol. The smallest absolute Gasteiger partial charge is 0.261 e. The van der Waals surface area contributed by atoms with E-state index in [-0.39, 0.29) is 24.5 Å². The van der Waals surface area contributed by atoms with Crippen LogP contribution in [0.3, 0.4) is 0 Å². The highest BCUT2D eigenvalue weighted by atomic mass is 16.5. The lowest BCUT2D eigenvalue weighted by Gasteiger charge is -2.30. The Kier molecular flexibility index (Phi) is 8.25. The molecule has 0 bridgehead atoms. The SMILES string of the molecule is CC[C@H](C)NC(=O)[C@H](C)N(Cc1ccccc1C)C(=O)COc1cccc(C)c1. The van der Waals surface area contributed by atoms with Crippen molar-refractivity contribution in [3.63, 3.8) is 0 Å². The Labute approximate surface area is 174 Å². The van der Waals surface area contributed by atoms with Crippen LogP contribution < -0.4 is 10.1 Å². The number of hydrogen-bond donors (Lipinski definition) is 1. The number of ether oxygens (including phenoxy) is 1. The largest absolute Gasteiger partial charge is 0.484 e. The fraction of sp³-hybridized carbons (Fsp3) is 0.417. The molecule has 2 atom stereocenters. The maximum Gasteiger partial charge on any atom is 0.261 e. The molecule has 0 saturated carbocycles. The maximum atomic E-state index is 13.0. The third kappa shape index (κ3) is 6.63. The molecule has 5 nitrogen and oxygen atoms in total. The Morgan fingerprint density at radius 2 is 1.79 bits per heavy atom. The van der Waals surface area contributed by atoms with Gasteiger partial charge in [0.15, 0.2) is 6.61 Å². The lowest BCUT2D eigenvalue weighted by molar-refractivity contribution is -0.142. The van der Waals surface area contributed by atoms with Crippen LogP contribution in [0.5, 0.6) is 5.75 Å². The second-order valence-corrected chi connectivity index (χ2v) is 7.55. The number of benzene rings is 2. The molecule has 0 saturated heterocycles. The molecule has 1 N–H and O–H groups in total. The first kappa shape index (κ1) is 22.5. The first-order chi connectivity index (χ1) is 13.8. The van der Waals surface area contributed by atoms with Gasteiger partial charge in [0.2, 0.25) is 5.91 Å². The van der Waals surface area contributed by atoms with E-state index >= 15 is 0 Å². The van der Waals surface area contributed by atoms with Crippen LogP contribution in [0.1, 0.15) is 43.9 Å². The van der Waals surface area contributed by atoms with Crippen molar-refractivity contribution in [1.82, 2.24) is 10.2 Å². The van der Waals surface area contributed by atoms with Gasteiger partial charge in [-0.05, 0) is 62.9 Å². The number of carbonyl (C=O) groups excluding carboxylic acids is 2. The molecule has 2 aromatic rings. The first-order valence-electron chi connectivity index (χ1n) is 10.2. The van der Waals surface area contributed by atoms with Crippen LogP contribution in [0.4, 0.5) is 0 Å². The maximum absolute atomic E-state index is 13.0. The predicted octanol–water partition coefficient (Wildman–Crippen LogP) is 4.01. The van der Waals surface area contributed by atoms with Crippen LogP contribution in [0.2, 0.25) is 0 Å². The molecule has 0 fully saturated rings. The van der Waals surface area contributed by atoms with Gasteiger partial charge in [-0.15, -0.1) is 0 Å². The van der Waals surface area contributed by atoms with E-state index in [0.29, 0.717) is 12.3 Å². The Balaban J connectivity index is 2.17. The first-order valence-corrected chi connectivity index (χ1v) is 10.2. The van der Waals surface area contributed by atoms with Crippen molar-refractivity contribution in [3.05, 3.63) is 65.2 Å². The van der Waals surface area contributed by atoms with Gasteiger partial charge in [-0.3, -0.25) is 9.59 Å². The Bertz CT molecular complexity index is 834. The highest BCUT2D eigenvalue weighted by Gasteiger charge is 2.27. The molecular weight excluding hydrogens is 364 g/mol. The van der Waals surface area contributed by atoms with Crippen LogP contribution >= 0.6 is 0 Å². The standard InChI is InChI=1S/C24H32N2O3/c1-6-19(4)25-24(28)20(5)26(15-21-12-8-7-11-18(21)3)23(27)16-29-22-13-9-10-17(2)14-22/h7-14,19-20H,6,15-16H2,1-5H3,(H,25,28)/t19-,20-/m0/s1. The number of nitrogens with zero attached hydrogens (tertiary/aromatic N) is 1. The molecule has 156 valence electrons. The van der Waals surface area contributed by atoms with E-state index < -0.39 is 6.04 Å². The number of hydrogen-bond acceptors (Lipinski definition) is 3. The summed E-state index contributed by atoms with van der Waals surface area (Å²) in [6, 6.07) is 14.9. The Morgan fingerprint density at radius 1 is 1.07 bits per heavy atom. The van der Waals surface area contributed by atoms with E-state index in [0.717, 1.165) is 23.1 Å². The highest BCUT2D eigenvalue weighted by Crippen LogP contribution is 2.16. The van der Waals surface area contributed by atoms with Crippen molar-refractivity contribution in [2.75, 3.05) is 6.61 Å². The fourth-order valence-electron chi connectivity index (χ4n) is 2.95. The zero-order chi connectivity index (χ0) is 21.4. The van der Waals surface area contributed by atoms with Crippen LogP contribution in [-0.2, 0) is 16.1 Å². The van der Waals surface area contributed by atoms with Crippen LogP contribution in [0, 0.1) is 13.8 Å². The van der Waals surface area contributed by atoms with E-state index in [1.807, 2.05) is 76.2 Å². The molecule has 0 aliphatic heterocycles. The number of carbonyl (C=O) groups is 2. The Morgan fingerprint density at radius 3 is 2.45 bits per heavy atom. The minimum atomic E-state index is -0.600. The van der Waals surface area contributed by atoms with Gasteiger partial charge >= 0.3 is 0 Å². The third-order valence-corrected chi connectivity index (χ3v) is 5.12. The highest BCUT2D eigenvalue weighted by molar-refractivity contribution is 5.88. The average Bonchev–Trinajstić information content (AvgIpc) is 2.70. The normalized spacial score (nSPS) is 12.7. The molecule has 0 spiro atoms. The van der Waals surface area contributed by atoms with Gasteiger partial charge in [0.05, 0.1) is 0 Å². The third-order valence-electron chi connectivity index (χ3n) is 5.12. The number of aryl methyl sites for hydroxylation is 2. The minimum absolute atomic E-state index is 0.0592. The number of rotatable bonds is 9. The molecule has 0 aliphatic carbocycles. The van der Waals surface area contributed by atoms with Crippen molar-refractivity contribution in [1.29, 1.82) is 0 Å². The zero-order valence-electron chi connectivity index (χ0n) is 18.1. The van der Waals surface area contributed by atoms with Crippen LogP contribution in [0.15, 0.2) is 48.5 Å². The van der Waals surface area contributed by atoms with Crippen molar-refractivity contribution >= 4 is 11.8 Å². The molecule has 5 heteroatoms. The zero-order valence-corrected chi connectivity index (χ0v) is 18.1. The van der Waals surface area contributed by atoms with E-state index in [9.17, 15) is 9.59 Å². The summed E-state index contributed by atoms with van der Waals surface area (Å²) in [6.45, 7) is 9.96. The van der Waals surface area contributed by atoms with Gasteiger partial charge in [0, 0.05) is 12.6 Å². The summed E-state index contributed by atoms with van der Waals surface area (Å²) in [7, 11) is 0. The molecular formula is C24H32N2O3. The number of nitrogens with one attached hydrogen (secondary N) is 1. The molecule has 2 rings (SSSR count). The summed E-state index contributed by atoms with van der Waals surface area (Å²) in [4.78, 5) is 27.3. The molecule has 0 radical (unpaired) electrons. The molecule has 0 aromatic heterocycles. The number of amides is 2. The Hall–Kier alpha value is -2.82. The molecule has 2 aromatic carbocycles. The second-order valence-electron chi connectivity index (χ2n) is 7.55. The lowest BCUT2D eigenvalue weighted by atomic mass is 10.1. The summed E-state index contributed by atoms with van der Waals surface area (Å²) >= 11 is 0. The van der Waals surface area contributed by atoms with E-state index in [1.54, 1.807) is 11.8 Å². The van der Waals surface area contributed by atoms with Crippen molar-refractivity contribution < 1.29 is 14.3 Å². The predicted molar refractivity (Wildman–Crippen MR) is 116 cm³/mol. The van der Waals surface area contributed by atoms with Gasteiger partial charge in [0.1, 0.15) is 11.8 Å². The minimum Gasteiger partial charge on any atom is -0.484 e. The summed E-state index contributed by atoms with van der Waals surface area (Å²) in [5.74, 6) is 0.268. The van der Waals surface area contributed by atoms with E-state index in [2.05, 4.69) is 5.32 Å². The second kappa shape index (κ2) is 10.6. The molecule has 0 unspecified atom stereocenters. The summed E-state index contributed by atoms with van der Waals surface area (Å²) < 4.78 is 5.71. The van der Waals surface area contributed by atoms with Crippen molar-refractivity contribution in [3.8, 4) is 5.75 Å². The van der Waals surface area contributed by atoms with Gasteiger partial charge < -0.3 is 15.0 Å². The molecule has 2 amide bonds. The van der Waals surface area contributed by atoms with E-state index in [4.69, 9.17) is 4.74 Å². The molecule has 0 aliphatic rings. The topological polar surface area (TPSA) is 58.6 Å². The van der Waals surface area contributed by atoms with Gasteiger partial charge in [0.25, 0.3) is 5.91 Å². The fourth-order valence-corrected chi connectivity index (χ4v) is 2.95. The van der Waals surface area contributed by atoms with Gasteiger partial charge in [-0.25, -0.2) is 0 Å². The van der Waals surface area contributed by atoms with Gasteiger partial charge in [-0.1, -0.05) is 43.3 Å². The quantitative estimate of drug-likeness (QED) is 0.697. The summed E-state index contributed by atoms with van der Waals surface area (Å²) in [5.41, 5.74) is 3.16. The lowest BCUT2D eigenvalue weighted by Crippen LogP contribution is -2.50. The van der Waals surface area contributed by atoms with Crippen molar-refractivity contribution in [2.45, 2.75) is 59.7 Å². The average molecular weight is 397 g/mol. The van der Waals surface area contributed by atoms with Crippen LogP contribution in [-0.4, -0.2) is 35.4 Å². The van der Waals surface area contributed by atoms with Gasteiger partial charge in [-0.2, -0.15) is 0 Å². The summed E-state index contributed by atoms with van der Waals surface area (Å²) in [5, 5.41) is 2.97. The molecule has 29 heavy (non-hydrogen) atoms. The van der Waals surface area contributed by atoms with Crippen molar-refractivity contribution in [2.24, 2.45) is 0 Å². The van der Waals surface area contributed by atoms with Crippen LogP contribution in [0.25, 0.3) is 0 Å². The molecule has 0 heterocycles. The summed E-state index contributed by atoms with van der Waals surface area (Å²) in [6.07, 6.45) is 0.834. The van der Waals surface area contributed by atoms with E-state index in [1.165, 1.54) is 0 Å².